The molecule has 1 saturated heterocycles. The van der Waals surface area contributed by atoms with Crippen LogP contribution in [0.5, 0.6) is 0 Å². The third kappa shape index (κ3) is 3.32. The molecular weight excluding hydrogens is 274 g/mol. The number of benzene rings is 1. The Kier molecular flexibility index (Phi) is 4.63. The minimum Gasteiger partial charge on any atom is -0.316 e. The number of rotatable bonds is 3. The van der Waals surface area contributed by atoms with E-state index in [1.54, 1.807) is 0 Å². The molecule has 0 radical (unpaired) electrons. The fourth-order valence-corrected chi connectivity index (χ4v) is 3.54. The van der Waals surface area contributed by atoms with E-state index in [0.717, 1.165) is 18.4 Å². The first-order valence-corrected chi connectivity index (χ1v) is 7.43. The molecule has 0 amide bonds. The van der Waals surface area contributed by atoms with E-state index in [9.17, 15) is 0 Å². The van der Waals surface area contributed by atoms with Crippen LogP contribution < -0.4 is 5.32 Å². The number of halogens is 1. The van der Waals surface area contributed by atoms with E-state index in [1.165, 1.54) is 29.4 Å². The van der Waals surface area contributed by atoms with Crippen molar-refractivity contribution in [3.05, 3.63) is 34.3 Å². The second-order valence-electron chi connectivity index (χ2n) is 5.51. The summed E-state index contributed by atoms with van der Waals surface area (Å²) in [6.45, 7) is 6.97. The lowest BCUT2D eigenvalue weighted by molar-refractivity contribution is 0.279. The van der Waals surface area contributed by atoms with Crippen molar-refractivity contribution < 1.29 is 0 Å². The predicted molar refractivity (Wildman–Crippen MR) is 77.3 cm³/mol. The van der Waals surface area contributed by atoms with E-state index in [2.05, 4.69) is 59.4 Å². The molecule has 1 aliphatic heterocycles. The highest BCUT2D eigenvalue weighted by Gasteiger charge is 2.27. The van der Waals surface area contributed by atoms with Crippen LogP contribution in [0.25, 0.3) is 0 Å². The largest absolute Gasteiger partial charge is 0.316 e. The Morgan fingerprint density at radius 2 is 2.12 bits per heavy atom. The zero-order valence-corrected chi connectivity index (χ0v) is 12.3. The highest BCUT2D eigenvalue weighted by atomic mass is 79.9. The maximum absolute atomic E-state index is 3.71. The molecule has 0 aromatic heterocycles. The van der Waals surface area contributed by atoms with Gasteiger partial charge in [0.25, 0.3) is 0 Å². The summed E-state index contributed by atoms with van der Waals surface area (Å²) in [7, 11) is 0. The summed E-state index contributed by atoms with van der Waals surface area (Å²) in [6, 6.07) is 8.72. The van der Waals surface area contributed by atoms with Gasteiger partial charge in [-0.05, 0) is 55.3 Å². The molecule has 1 heterocycles. The number of hydrogen-bond donors (Lipinski definition) is 1. The van der Waals surface area contributed by atoms with Crippen molar-refractivity contribution in [3.63, 3.8) is 0 Å². The minimum absolute atomic E-state index is 0.717. The summed E-state index contributed by atoms with van der Waals surface area (Å²) in [5.41, 5.74) is 1.50. The molecule has 1 aliphatic rings. The Morgan fingerprint density at radius 3 is 2.82 bits per heavy atom. The van der Waals surface area contributed by atoms with E-state index in [1.807, 2.05) is 0 Å². The summed E-state index contributed by atoms with van der Waals surface area (Å²) in [5, 5.41) is 3.54. The van der Waals surface area contributed by atoms with Gasteiger partial charge in [-0.1, -0.05) is 48.0 Å². The van der Waals surface area contributed by atoms with Crippen LogP contribution in [0.2, 0.25) is 0 Å². The Hall–Kier alpha value is -0.340. The molecule has 17 heavy (non-hydrogen) atoms. The van der Waals surface area contributed by atoms with Crippen LogP contribution in [0.15, 0.2) is 28.7 Å². The van der Waals surface area contributed by atoms with Gasteiger partial charge in [0.05, 0.1) is 0 Å². The van der Waals surface area contributed by atoms with Crippen molar-refractivity contribution in [2.45, 2.75) is 32.6 Å². The molecular formula is C15H22BrN. The molecule has 1 aromatic rings. The third-order valence-corrected chi connectivity index (χ3v) is 4.41. The first-order chi connectivity index (χ1) is 8.18. The highest BCUT2D eigenvalue weighted by molar-refractivity contribution is 9.10. The third-order valence-electron chi connectivity index (χ3n) is 3.69. The summed E-state index contributed by atoms with van der Waals surface area (Å²) in [4.78, 5) is 0. The lowest BCUT2D eigenvalue weighted by atomic mass is 9.77. The van der Waals surface area contributed by atoms with Crippen molar-refractivity contribution in [2.75, 3.05) is 13.1 Å². The molecule has 1 N–H and O–H groups in total. The van der Waals surface area contributed by atoms with Gasteiger partial charge in [0.2, 0.25) is 0 Å². The second kappa shape index (κ2) is 6.01. The molecule has 94 valence electrons. The smallest absolute Gasteiger partial charge is 0.0210 e. The molecule has 2 heteroatoms. The molecule has 0 bridgehead atoms. The SMILES string of the molecule is CC(C)CC1CNCCC1c1ccccc1Br. The van der Waals surface area contributed by atoms with Gasteiger partial charge in [-0.15, -0.1) is 0 Å². The number of hydrogen-bond acceptors (Lipinski definition) is 1. The van der Waals surface area contributed by atoms with Crippen LogP contribution in [0, 0.1) is 11.8 Å². The van der Waals surface area contributed by atoms with E-state index in [-0.39, 0.29) is 0 Å². The van der Waals surface area contributed by atoms with Crippen LogP contribution in [-0.4, -0.2) is 13.1 Å². The van der Waals surface area contributed by atoms with Crippen LogP contribution in [0.4, 0.5) is 0 Å². The highest BCUT2D eigenvalue weighted by Crippen LogP contribution is 2.37. The van der Waals surface area contributed by atoms with Gasteiger partial charge in [0.1, 0.15) is 0 Å². The molecule has 0 saturated carbocycles. The van der Waals surface area contributed by atoms with Gasteiger partial charge in [-0.3, -0.25) is 0 Å². The maximum Gasteiger partial charge on any atom is 0.0210 e. The normalized spacial score (nSPS) is 25.2. The Labute approximate surface area is 113 Å². The van der Waals surface area contributed by atoms with Crippen LogP contribution >= 0.6 is 15.9 Å². The zero-order valence-electron chi connectivity index (χ0n) is 10.7. The molecule has 1 aromatic carbocycles. The molecule has 2 rings (SSSR count). The number of nitrogens with one attached hydrogen (secondary N) is 1. The molecule has 1 nitrogen and oxygen atoms in total. The van der Waals surface area contributed by atoms with E-state index in [0.29, 0.717) is 5.92 Å². The first kappa shape index (κ1) is 13.1. The van der Waals surface area contributed by atoms with Gasteiger partial charge >= 0.3 is 0 Å². The van der Waals surface area contributed by atoms with Crippen LogP contribution in [0.1, 0.15) is 38.2 Å². The number of piperidine rings is 1. The fourth-order valence-electron chi connectivity index (χ4n) is 2.96. The predicted octanol–water partition coefficient (Wildman–Crippen LogP) is 4.19. The van der Waals surface area contributed by atoms with Gasteiger partial charge in [-0.25, -0.2) is 0 Å². The lowest BCUT2D eigenvalue weighted by Gasteiger charge is -2.34. The van der Waals surface area contributed by atoms with Gasteiger partial charge in [-0.2, -0.15) is 0 Å². The van der Waals surface area contributed by atoms with Crippen molar-refractivity contribution in [1.82, 2.24) is 5.32 Å². The van der Waals surface area contributed by atoms with Crippen molar-refractivity contribution in [3.8, 4) is 0 Å². The van der Waals surface area contributed by atoms with Crippen LogP contribution in [0.3, 0.4) is 0 Å². The standard InChI is InChI=1S/C15H22BrN/c1-11(2)9-12-10-17-8-7-13(12)14-5-3-4-6-15(14)16/h3-6,11-13,17H,7-10H2,1-2H3. The summed E-state index contributed by atoms with van der Waals surface area (Å²) >= 11 is 3.71. The Bertz CT molecular complexity index is 362. The quantitative estimate of drug-likeness (QED) is 0.882. The maximum atomic E-state index is 3.71. The molecule has 0 spiro atoms. The topological polar surface area (TPSA) is 12.0 Å². The lowest BCUT2D eigenvalue weighted by Crippen LogP contribution is -2.36. The zero-order chi connectivity index (χ0) is 12.3. The molecule has 2 atom stereocenters. The van der Waals surface area contributed by atoms with Gasteiger partial charge < -0.3 is 5.32 Å². The van der Waals surface area contributed by atoms with Crippen molar-refractivity contribution in [1.29, 1.82) is 0 Å². The summed E-state index contributed by atoms with van der Waals surface area (Å²) in [6.07, 6.45) is 2.58. The van der Waals surface area contributed by atoms with Gasteiger partial charge in [0, 0.05) is 4.47 Å². The summed E-state index contributed by atoms with van der Waals surface area (Å²) < 4.78 is 1.28. The first-order valence-electron chi connectivity index (χ1n) is 6.63. The average molecular weight is 296 g/mol. The Balaban J connectivity index is 2.19. The van der Waals surface area contributed by atoms with E-state index < -0.39 is 0 Å². The van der Waals surface area contributed by atoms with Gasteiger partial charge in [0.15, 0.2) is 0 Å². The molecule has 2 unspecified atom stereocenters. The van der Waals surface area contributed by atoms with E-state index >= 15 is 0 Å². The van der Waals surface area contributed by atoms with E-state index in [4.69, 9.17) is 0 Å². The molecule has 0 aliphatic carbocycles. The monoisotopic (exact) mass is 295 g/mol. The summed E-state index contributed by atoms with van der Waals surface area (Å²) in [5.74, 6) is 2.28. The Morgan fingerprint density at radius 1 is 1.35 bits per heavy atom. The fraction of sp³-hybridized carbons (Fsp3) is 0.600. The average Bonchev–Trinajstić information content (AvgIpc) is 2.30. The second-order valence-corrected chi connectivity index (χ2v) is 6.36. The van der Waals surface area contributed by atoms with Crippen molar-refractivity contribution in [2.24, 2.45) is 11.8 Å². The molecule has 1 fully saturated rings. The van der Waals surface area contributed by atoms with Crippen molar-refractivity contribution >= 4 is 15.9 Å². The van der Waals surface area contributed by atoms with Crippen LogP contribution in [-0.2, 0) is 0 Å². The minimum atomic E-state index is 0.717.